The van der Waals surface area contributed by atoms with Gasteiger partial charge in [-0.3, -0.25) is 4.79 Å². The molecule has 21 heavy (non-hydrogen) atoms. The van der Waals surface area contributed by atoms with Crippen molar-refractivity contribution in [2.45, 2.75) is 38.3 Å². The Kier molecular flexibility index (Phi) is 4.68. The molecule has 1 fully saturated rings. The minimum Gasteiger partial charge on any atom is -0.324 e. The molecule has 0 aromatic heterocycles. The lowest BCUT2D eigenvalue weighted by atomic mass is 10.1. The summed E-state index contributed by atoms with van der Waals surface area (Å²) in [5, 5.41) is 0. The number of carbonyl (C=O) groups is 1. The minimum atomic E-state index is -3.57. The molecule has 1 saturated heterocycles. The Morgan fingerprint density at radius 2 is 1.86 bits per heavy atom. The van der Waals surface area contributed by atoms with Crippen molar-refractivity contribution in [2.24, 2.45) is 5.92 Å². The van der Waals surface area contributed by atoms with E-state index < -0.39 is 16.2 Å². The molecule has 1 atom stereocenters. The van der Waals surface area contributed by atoms with E-state index in [1.165, 1.54) is 4.31 Å². The van der Waals surface area contributed by atoms with Gasteiger partial charge in [0, 0.05) is 19.5 Å². The van der Waals surface area contributed by atoms with Crippen molar-refractivity contribution in [3.05, 3.63) is 30.3 Å². The van der Waals surface area contributed by atoms with Gasteiger partial charge in [-0.05, 0) is 18.1 Å². The summed E-state index contributed by atoms with van der Waals surface area (Å²) in [4.78, 5) is 14.0. The van der Waals surface area contributed by atoms with Gasteiger partial charge < -0.3 is 4.90 Å². The molecule has 1 heterocycles. The fourth-order valence-electron chi connectivity index (χ4n) is 2.78. The third-order valence-electron chi connectivity index (χ3n) is 3.74. The average molecular weight is 310 g/mol. The molecular weight excluding hydrogens is 288 g/mol. The van der Waals surface area contributed by atoms with Crippen LogP contribution in [0.4, 0.5) is 0 Å². The Morgan fingerprint density at radius 3 is 2.38 bits per heavy atom. The summed E-state index contributed by atoms with van der Waals surface area (Å²) in [6.45, 7) is 6.50. The molecule has 0 radical (unpaired) electrons. The molecule has 2 rings (SSSR count). The maximum absolute atomic E-state index is 12.8. The molecule has 0 N–H and O–H groups in total. The Hall–Kier alpha value is -1.40. The summed E-state index contributed by atoms with van der Waals surface area (Å²) in [6, 6.07) is 8.40. The van der Waals surface area contributed by atoms with E-state index in [1.54, 1.807) is 42.2 Å². The lowest BCUT2D eigenvalue weighted by Crippen LogP contribution is -2.47. The Labute approximate surface area is 126 Å². The van der Waals surface area contributed by atoms with Crippen molar-refractivity contribution in [3.8, 4) is 0 Å². The average Bonchev–Trinajstić information content (AvgIpc) is 2.93. The van der Waals surface area contributed by atoms with E-state index in [4.69, 9.17) is 0 Å². The second kappa shape index (κ2) is 6.15. The third kappa shape index (κ3) is 2.96. The maximum atomic E-state index is 12.8. The summed E-state index contributed by atoms with van der Waals surface area (Å²) in [6.07, 6.45) is -0.00900. The van der Waals surface area contributed by atoms with Crippen molar-refractivity contribution < 1.29 is 13.2 Å². The third-order valence-corrected chi connectivity index (χ3v) is 5.63. The van der Waals surface area contributed by atoms with Crippen LogP contribution >= 0.6 is 0 Å². The number of nitrogens with zero attached hydrogens (tertiary/aromatic N) is 2. The van der Waals surface area contributed by atoms with E-state index in [0.29, 0.717) is 19.5 Å². The first-order valence-corrected chi connectivity index (χ1v) is 8.70. The van der Waals surface area contributed by atoms with E-state index >= 15 is 0 Å². The SMILES string of the molecule is CCC(=O)N1CCN(S(=O)(=O)c2ccccc2)[C@H]1C(C)C. The molecule has 0 aliphatic carbocycles. The zero-order valence-corrected chi connectivity index (χ0v) is 13.5. The highest BCUT2D eigenvalue weighted by Gasteiger charge is 2.43. The van der Waals surface area contributed by atoms with Crippen molar-refractivity contribution in [1.29, 1.82) is 0 Å². The highest BCUT2D eigenvalue weighted by molar-refractivity contribution is 7.89. The summed E-state index contributed by atoms with van der Waals surface area (Å²) in [7, 11) is -3.57. The van der Waals surface area contributed by atoms with Crippen LogP contribution in [0.25, 0.3) is 0 Å². The first-order chi connectivity index (χ1) is 9.89. The molecule has 0 unspecified atom stereocenters. The van der Waals surface area contributed by atoms with E-state index in [0.717, 1.165) is 0 Å². The number of hydrogen-bond donors (Lipinski definition) is 0. The molecule has 0 spiro atoms. The molecule has 0 saturated carbocycles. The van der Waals surface area contributed by atoms with Crippen molar-refractivity contribution in [3.63, 3.8) is 0 Å². The van der Waals surface area contributed by atoms with E-state index in [1.807, 2.05) is 13.8 Å². The van der Waals surface area contributed by atoms with Crippen LogP contribution in [0.15, 0.2) is 35.2 Å². The molecule has 1 aromatic rings. The summed E-state index contributed by atoms with van der Waals surface area (Å²) in [5.74, 6) is 0.0425. The molecule has 1 aliphatic heterocycles. The predicted molar refractivity (Wildman–Crippen MR) is 81.0 cm³/mol. The highest BCUT2D eigenvalue weighted by atomic mass is 32.2. The number of hydrogen-bond acceptors (Lipinski definition) is 3. The first kappa shape index (κ1) is 16.0. The van der Waals surface area contributed by atoms with Crippen LogP contribution < -0.4 is 0 Å². The molecule has 5 nitrogen and oxygen atoms in total. The minimum absolute atomic E-state index is 0.000498. The lowest BCUT2D eigenvalue weighted by molar-refractivity contribution is -0.133. The fraction of sp³-hybridized carbons (Fsp3) is 0.533. The van der Waals surface area contributed by atoms with Crippen LogP contribution in [0.5, 0.6) is 0 Å². The second-order valence-electron chi connectivity index (χ2n) is 5.53. The molecule has 0 bridgehead atoms. The Balaban J connectivity index is 2.37. The van der Waals surface area contributed by atoms with Gasteiger partial charge in [0.15, 0.2) is 0 Å². The molecular formula is C15H22N2O3S. The van der Waals surface area contributed by atoms with Crippen molar-refractivity contribution in [1.82, 2.24) is 9.21 Å². The topological polar surface area (TPSA) is 57.7 Å². The van der Waals surface area contributed by atoms with Gasteiger partial charge in [-0.2, -0.15) is 4.31 Å². The van der Waals surface area contributed by atoms with Gasteiger partial charge in [0.2, 0.25) is 15.9 Å². The monoisotopic (exact) mass is 310 g/mol. The number of sulfonamides is 1. The number of carbonyl (C=O) groups excluding carboxylic acids is 1. The maximum Gasteiger partial charge on any atom is 0.244 e. The molecule has 116 valence electrons. The zero-order chi connectivity index (χ0) is 15.6. The largest absolute Gasteiger partial charge is 0.324 e. The number of amides is 1. The van der Waals surface area contributed by atoms with E-state index in [2.05, 4.69) is 0 Å². The standard InChI is InChI=1S/C15H22N2O3S/c1-4-14(18)16-10-11-17(15(16)12(2)3)21(19,20)13-8-6-5-7-9-13/h5-9,12,15H,4,10-11H2,1-3H3/t15-/m0/s1. The van der Waals surface area contributed by atoms with Gasteiger partial charge in [-0.25, -0.2) is 8.42 Å². The molecule has 6 heteroatoms. The molecule has 1 aliphatic rings. The van der Waals surface area contributed by atoms with Crippen LogP contribution in [0.3, 0.4) is 0 Å². The lowest BCUT2D eigenvalue weighted by Gasteiger charge is -2.32. The van der Waals surface area contributed by atoms with E-state index in [9.17, 15) is 13.2 Å². The fourth-order valence-corrected chi connectivity index (χ4v) is 4.52. The zero-order valence-electron chi connectivity index (χ0n) is 12.7. The van der Waals surface area contributed by atoms with Gasteiger partial charge >= 0.3 is 0 Å². The van der Waals surface area contributed by atoms with Gasteiger partial charge in [0.05, 0.1) is 4.90 Å². The summed E-state index contributed by atoms with van der Waals surface area (Å²) < 4.78 is 27.0. The van der Waals surface area contributed by atoms with Gasteiger partial charge in [-0.15, -0.1) is 0 Å². The number of rotatable bonds is 4. The second-order valence-corrected chi connectivity index (χ2v) is 7.42. The number of benzene rings is 1. The Bertz CT molecular complexity index is 599. The normalized spacial score (nSPS) is 20.2. The van der Waals surface area contributed by atoms with Gasteiger partial charge in [0.25, 0.3) is 0 Å². The van der Waals surface area contributed by atoms with Gasteiger partial charge in [-0.1, -0.05) is 39.0 Å². The van der Waals surface area contributed by atoms with Crippen LogP contribution in [-0.2, 0) is 14.8 Å². The van der Waals surface area contributed by atoms with Crippen LogP contribution in [0.1, 0.15) is 27.2 Å². The smallest absolute Gasteiger partial charge is 0.244 e. The van der Waals surface area contributed by atoms with Crippen molar-refractivity contribution in [2.75, 3.05) is 13.1 Å². The van der Waals surface area contributed by atoms with Crippen molar-refractivity contribution >= 4 is 15.9 Å². The molecule has 1 aromatic carbocycles. The predicted octanol–water partition coefficient (Wildman–Crippen LogP) is 1.91. The highest BCUT2D eigenvalue weighted by Crippen LogP contribution is 2.28. The first-order valence-electron chi connectivity index (χ1n) is 7.26. The van der Waals surface area contributed by atoms with E-state index in [-0.39, 0.29) is 16.7 Å². The van der Waals surface area contributed by atoms with Crippen LogP contribution in [0, 0.1) is 5.92 Å². The van der Waals surface area contributed by atoms with Crippen LogP contribution in [-0.4, -0.2) is 42.8 Å². The van der Waals surface area contributed by atoms with Crippen LogP contribution in [0.2, 0.25) is 0 Å². The quantitative estimate of drug-likeness (QED) is 0.853. The Morgan fingerprint density at radius 1 is 1.24 bits per heavy atom. The summed E-state index contributed by atoms with van der Waals surface area (Å²) in [5.41, 5.74) is 0. The van der Waals surface area contributed by atoms with Gasteiger partial charge in [0.1, 0.15) is 6.17 Å². The summed E-state index contributed by atoms with van der Waals surface area (Å²) >= 11 is 0. The molecule has 1 amide bonds.